The molecule has 0 atom stereocenters. The van der Waals surface area contributed by atoms with Crippen molar-refractivity contribution in [3.63, 3.8) is 0 Å². The summed E-state index contributed by atoms with van der Waals surface area (Å²) >= 11 is 0. The minimum atomic E-state index is -1.58. The second-order valence-electron chi connectivity index (χ2n) is 1.48. The molecular formula is C4H2F3N3. The zero-order chi connectivity index (χ0) is 7.72. The number of nitrogen functional groups attached to an aromatic ring is 1. The first-order valence-electron chi connectivity index (χ1n) is 2.25. The molecule has 0 spiro atoms. The van der Waals surface area contributed by atoms with Crippen LogP contribution in [0.2, 0.25) is 0 Å². The molecule has 0 saturated carbocycles. The van der Waals surface area contributed by atoms with Crippen molar-refractivity contribution >= 4 is 5.82 Å². The van der Waals surface area contributed by atoms with Crippen molar-refractivity contribution < 1.29 is 13.2 Å². The molecule has 0 unspecified atom stereocenters. The molecule has 0 saturated heterocycles. The maximum absolute atomic E-state index is 12.1. The van der Waals surface area contributed by atoms with Gasteiger partial charge in [-0.2, -0.15) is 23.1 Å². The number of hydrogen-bond acceptors (Lipinski definition) is 3. The molecule has 0 fully saturated rings. The van der Waals surface area contributed by atoms with E-state index >= 15 is 0 Å². The quantitative estimate of drug-likeness (QED) is 0.431. The Balaban J connectivity index is 3.31. The van der Waals surface area contributed by atoms with Crippen LogP contribution in [0.1, 0.15) is 0 Å². The van der Waals surface area contributed by atoms with Gasteiger partial charge in [0.15, 0.2) is 5.82 Å². The predicted molar refractivity (Wildman–Crippen MR) is 26.3 cm³/mol. The molecule has 1 aromatic rings. The second kappa shape index (κ2) is 2.13. The normalized spacial score (nSPS) is 9.90. The third-order valence-corrected chi connectivity index (χ3v) is 0.809. The van der Waals surface area contributed by atoms with Gasteiger partial charge in [0.05, 0.1) is 0 Å². The summed E-state index contributed by atoms with van der Waals surface area (Å²) in [6.45, 7) is 0. The van der Waals surface area contributed by atoms with E-state index in [0.717, 1.165) is 0 Å². The number of hydrogen-bond donors (Lipinski definition) is 1. The molecule has 0 aromatic carbocycles. The van der Waals surface area contributed by atoms with Crippen molar-refractivity contribution in [3.05, 3.63) is 17.8 Å². The zero-order valence-corrected chi connectivity index (χ0v) is 4.61. The lowest BCUT2D eigenvalue weighted by atomic mass is 10.5. The van der Waals surface area contributed by atoms with Gasteiger partial charge in [-0.25, -0.2) is 0 Å². The van der Waals surface area contributed by atoms with Gasteiger partial charge in [-0.1, -0.05) is 0 Å². The lowest BCUT2D eigenvalue weighted by Gasteiger charge is -1.93. The average molecular weight is 149 g/mol. The van der Waals surface area contributed by atoms with Crippen molar-refractivity contribution in [3.8, 4) is 0 Å². The van der Waals surface area contributed by atoms with Crippen molar-refractivity contribution in [1.29, 1.82) is 0 Å². The molecule has 10 heavy (non-hydrogen) atoms. The molecular weight excluding hydrogens is 147 g/mol. The zero-order valence-electron chi connectivity index (χ0n) is 4.61. The third-order valence-electron chi connectivity index (χ3n) is 0.809. The maximum Gasteiger partial charge on any atom is 0.313 e. The van der Waals surface area contributed by atoms with E-state index in [2.05, 4.69) is 9.97 Å². The molecule has 1 heterocycles. The standard InChI is InChI=1S/C4H2F3N3/c5-1-2(6)9-4(7)10-3(1)8/h(H2,8,9,10). The molecule has 0 aliphatic carbocycles. The molecule has 0 aliphatic rings. The van der Waals surface area contributed by atoms with Crippen molar-refractivity contribution in [2.24, 2.45) is 0 Å². The number of halogens is 3. The first kappa shape index (κ1) is 6.79. The molecule has 0 radical (unpaired) electrons. The van der Waals surface area contributed by atoms with E-state index in [1.807, 2.05) is 0 Å². The highest BCUT2D eigenvalue weighted by Gasteiger charge is 2.10. The van der Waals surface area contributed by atoms with Gasteiger partial charge < -0.3 is 5.73 Å². The minimum absolute atomic E-state index is 0.829. The summed E-state index contributed by atoms with van der Waals surface area (Å²) in [6.07, 6.45) is -1.38. The van der Waals surface area contributed by atoms with E-state index in [9.17, 15) is 13.2 Å². The van der Waals surface area contributed by atoms with E-state index in [-0.39, 0.29) is 0 Å². The van der Waals surface area contributed by atoms with Crippen LogP contribution in [-0.2, 0) is 0 Å². The summed E-state index contributed by atoms with van der Waals surface area (Å²) < 4.78 is 36.0. The number of rotatable bonds is 0. The van der Waals surface area contributed by atoms with Gasteiger partial charge in [0.1, 0.15) is 0 Å². The van der Waals surface area contributed by atoms with Crippen molar-refractivity contribution in [1.82, 2.24) is 9.97 Å². The van der Waals surface area contributed by atoms with Crippen molar-refractivity contribution in [2.45, 2.75) is 0 Å². The van der Waals surface area contributed by atoms with Crippen LogP contribution in [0.5, 0.6) is 0 Å². The van der Waals surface area contributed by atoms with Crippen LogP contribution in [0.3, 0.4) is 0 Å². The average Bonchev–Trinajstić information content (AvgIpc) is 1.82. The number of nitrogens with two attached hydrogens (primary N) is 1. The highest BCUT2D eigenvalue weighted by atomic mass is 19.2. The summed E-state index contributed by atoms with van der Waals surface area (Å²) in [7, 11) is 0. The fourth-order valence-corrected chi connectivity index (χ4v) is 0.409. The van der Waals surface area contributed by atoms with E-state index < -0.39 is 23.7 Å². The summed E-state index contributed by atoms with van der Waals surface area (Å²) in [5.41, 5.74) is 4.72. The molecule has 0 amide bonds. The van der Waals surface area contributed by atoms with Crippen LogP contribution in [0.15, 0.2) is 0 Å². The Bertz CT molecular complexity index is 239. The van der Waals surface area contributed by atoms with Crippen LogP contribution < -0.4 is 5.73 Å². The van der Waals surface area contributed by atoms with Gasteiger partial charge >= 0.3 is 6.08 Å². The molecule has 1 aromatic heterocycles. The van der Waals surface area contributed by atoms with Gasteiger partial charge in [-0.3, -0.25) is 0 Å². The third kappa shape index (κ3) is 0.996. The largest absolute Gasteiger partial charge is 0.381 e. The maximum atomic E-state index is 12.1. The lowest BCUT2D eigenvalue weighted by molar-refractivity contribution is 0.430. The Hall–Kier alpha value is -1.33. The molecule has 0 aliphatic heterocycles. The Morgan fingerprint density at radius 2 is 1.70 bits per heavy atom. The van der Waals surface area contributed by atoms with Gasteiger partial charge in [-0.05, 0) is 0 Å². The van der Waals surface area contributed by atoms with Crippen LogP contribution in [-0.4, -0.2) is 9.97 Å². The first-order valence-corrected chi connectivity index (χ1v) is 2.25. The molecule has 3 nitrogen and oxygen atoms in total. The molecule has 1 rings (SSSR count). The van der Waals surface area contributed by atoms with Crippen LogP contribution in [0.4, 0.5) is 19.0 Å². The Morgan fingerprint density at radius 1 is 1.10 bits per heavy atom. The fourth-order valence-electron chi connectivity index (χ4n) is 0.409. The molecule has 6 heteroatoms. The second-order valence-corrected chi connectivity index (χ2v) is 1.48. The Labute approximate surface area is 53.7 Å². The van der Waals surface area contributed by atoms with Gasteiger partial charge in [-0.15, -0.1) is 0 Å². The summed E-state index contributed by atoms with van der Waals surface area (Å²) in [6, 6.07) is 0. The van der Waals surface area contributed by atoms with Crippen LogP contribution in [0, 0.1) is 17.8 Å². The molecule has 0 bridgehead atoms. The lowest BCUT2D eigenvalue weighted by Crippen LogP contribution is -2.03. The summed E-state index contributed by atoms with van der Waals surface area (Å²) in [5, 5.41) is 0. The van der Waals surface area contributed by atoms with Crippen LogP contribution >= 0.6 is 0 Å². The summed E-state index contributed by atoms with van der Waals surface area (Å²) in [4.78, 5) is 5.15. The Morgan fingerprint density at radius 3 is 2.20 bits per heavy atom. The van der Waals surface area contributed by atoms with E-state index in [0.29, 0.717) is 0 Å². The highest BCUT2D eigenvalue weighted by molar-refractivity contribution is 5.26. The SMILES string of the molecule is Nc1nc(F)nc(F)c1F. The number of anilines is 1. The topological polar surface area (TPSA) is 51.8 Å². The monoisotopic (exact) mass is 149 g/mol. The molecule has 2 N–H and O–H groups in total. The smallest absolute Gasteiger partial charge is 0.313 e. The van der Waals surface area contributed by atoms with E-state index in [1.54, 1.807) is 0 Å². The van der Waals surface area contributed by atoms with Crippen molar-refractivity contribution in [2.75, 3.05) is 5.73 Å². The summed E-state index contributed by atoms with van der Waals surface area (Å²) in [5.74, 6) is -3.84. The van der Waals surface area contributed by atoms with Gasteiger partial charge in [0, 0.05) is 0 Å². The number of nitrogens with zero attached hydrogens (tertiary/aromatic N) is 2. The highest BCUT2D eigenvalue weighted by Crippen LogP contribution is 2.07. The van der Waals surface area contributed by atoms with E-state index in [4.69, 9.17) is 5.73 Å². The predicted octanol–water partition coefficient (Wildman–Crippen LogP) is 0.476. The first-order chi connectivity index (χ1) is 4.61. The molecule has 54 valence electrons. The van der Waals surface area contributed by atoms with Gasteiger partial charge in [0.25, 0.3) is 5.95 Å². The minimum Gasteiger partial charge on any atom is -0.381 e. The van der Waals surface area contributed by atoms with Gasteiger partial charge in [0.2, 0.25) is 5.82 Å². The van der Waals surface area contributed by atoms with Crippen LogP contribution in [0.25, 0.3) is 0 Å². The van der Waals surface area contributed by atoms with E-state index in [1.165, 1.54) is 0 Å². The Kier molecular flexibility index (Phi) is 1.44. The number of aromatic nitrogens is 2. The fraction of sp³-hybridized carbons (Fsp3) is 0.